The second-order valence-electron chi connectivity index (χ2n) is 5.58. The second kappa shape index (κ2) is 6.78. The molecule has 0 spiro atoms. The molecule has 1 aliphatic heterocycles. The van der Waals surface area contributed by atoms with E-state index >= 15 is 0 Å². The number of rotatable bonds is 4. The van der Waals surface area contributed by atoms with Crippen LogP contribution in [0.25, 0.3) is 10.1 Å². The van der Waals surface area contributed by atoms with Crippen LogP contribution in [-0.4, -0.2) is 33.2 Å². The topological polar surface area (TPSA) is 54.8 Å². The molecule has 1 aromatic carbocycles. The Morgan fingerprint density at radius 3 is 2.96 bits per heavy atom. The molecule has 1 amide bonds. The van der Waals surface area contributed by atoms with Gasteiger partial charge in [0.1, 0.15) is 10.6 Å². The molecule has 0 bridgehead atoms. The summed E-state index contributed by atoms with van der Waals surface area (Å²) in [6, 6.07) is 5.60. The van der Waals surface area contributed by atoms with Crippen molar-refractivity contribution in [2.45, 2.75) is 6.42 Å². The van der Waals surface area contributed by atoms with Crippen molar-refractivity contribution in [3.63, 3.8) is 0 Å². The number of nitrogens with one attached hydrogen (secondary N) is 3. The van der Waals surface area contributed by atoms with E-state index in [-0.39, 0.29) is 5.91 Å². The Morgan fingerprint density at radius 2 is 2.26 bits per heavy atom. The van der Waals surface area contributed by atoms with Gasteiger partial charge in [-0.05, 0) is 24.3 Å². The molecule has 2 heterocycles. The van der Waals surface area contributed by atoms with Crippen LogP contribution in [0.5, 0.6) is 5.75 Å². The maximum absolute atomic E-state index is 12.4. The Hall–Kier alpha value is -1.76. The van der Waals surface area contributed by atoms with Gasteiger partial charge in [0.25, 0.3) is 5.91 Å². The second-order valence-corrected chi connectivity index (χ2v) is 7.01. The zero-order valence-corrected chi connectivity index (χ0v) is 14.6. The van der Waals surface area contributed by atoms with E-state index in [2.05, 4.69) is 24.0 Å². The third-order valence-electron chi connectivity index (χ3n) is 3.90. The molecular weight excluding hydrogens is 334 g/mol. The molecule has 3 rings (SSSR count). The van der Waals surface area contributed by atoms with Gasteiger partial charge in [-0.15, -0.1) is 11.3 Å². The van der Waals surface area contributed by atoms with Crippen LogP contribution in [0.2, 0.25) is 5.02 Å². The van der Waals surface area contributed by atoms with Crippen LogP contribution in [0.3, 0.4) is 0 Å². The number of thiophene rings is 1. The number of methoxy groups -OCH3 is 1. The number of benzene rings is 1. The number of hydrogen-bond donors (Lipinski definition) is 3. The Labute approximate surface area is 143 Å². The molecule has 3 N–H and O–H groups in total. The molecule has 0 saturated heterocycles. The molecule has 1 unspecified atom stereocenters. The molecule has 0 radical (unpaired) electrons. The van der Waals surface area contributed by atoms with E-state index in [0.29, 0.717) is 9.90 Å². The summed E-state index contributed by atoms with van der Waals surface area (Å²) in [6.07, 6.45) is 3.03. The van der Waals surface area contributed by atoms with Crippen LogP contribution in [0.4, 0.5) is 0 Å². The van der Waals surface area contributed by atoms with Crippen LogP contribution >= 0.6 is 22.9 Å². The summed E-state index contributed by atoms with van der Waals surface area (Å²) in [5.41, 5.74) is 6.79. The first kappa shape index (κ1) is 16.1. The van der Waals surface area contributed by atoms with Gasteiger partial charge in [-0.3, -0.25) is 10.2 Å². The Kier molecular flexibility index (Phi) is 4.75. The summed E-state index contributed by atoms with van der Waals surface area (Å²) >= 11 is 7.71. The van der Waals surface area contributed by atoms with Gasteiger partial charge in [0.2, 0.25) is 0 Å². The predicted octanol–water partition coefficient (Wildman–Crippen LogP) is 1.60. The number of fused-ring (bicyclic) bond motifs is 1. The van der Waals surface area contributed by atoms with E-state index in [1.54, 1.807) is 7.11 Å². The van der Waals surface area contributed by atoms with E-state index in [9.17, 15) is 4.79 Å². The van der Waals surface area contributed by atoms with Gasteiger partial charge in [0.05, 0.1) is 32.3 Å². The molecule has 0 fully saturated rings. The van der Waals surface area contributed by atoms with Crippen LogP contribution in [0.15, 0.2) is 30.0 Å². The maximum atomic E-state index is 12.4. The molecular formula is C16H19ClN3O2S+. The molecule has 7 heteroatoms. The van der Waals surface area contributed by atoms with Gasteiger partial charge in [0, 0.05) is 22.2 Å². The lowest BCUT2D eigenvalue weighted by atomic mass is 10.2. The summed E-state index contributed by atoms with van der Waals surface area (Å²) in [4.78, 5) is 14.3. The zero-order valence-electron chi connectivity index (χ0n) is 13.0. The monoisotopic (exact) mass is 352 g/mol. The number of likely N-dealkylation sites (N-methyl/N-ethyl adjacent to an activating group) is 1. The molecule has 0 saturated carbocycles. The minimum atomic E-state index is -0.220. The molecule has 1 aliphatic rings. The van der Waals surface area contributed by atoms with E-state index in [1.165, 1.54) is 16.2 Å². The maximum Gasteiger partial charge on any atom is 0.281 e. The lowest BCUT2D eigenvalue weighted by Crippen LogP contribution is -3.09. The molecule has 1 aromatic heterocycles. The van der Waals surface area contributed by atoms with Crippen molar-refractivity contribution in [1.82, 2.24) is 10.9 Å². The lowest BCUT2D eigenvalue weighted by Gasteiger charge is -2.20. The fraction of sp³-hybridized carbons (Fsp3) is 0.312. The Morgan fingerprint density at radius 1 is 1.43 bits per heavy atom. The van der Waals surface area contributed by atoms with Gasteiger partial charge in [0.15, 0.2) is 0 Å². The van der Waals surface area contributed by atoms with Crippen molar-refractivity contribution >= 4 is 38.9 Å². The SMILES string of the molecule is COc1ccc2c(Cl)c(C(=O)NNC3=CC[NH+](C)CC3)sc2c1. The van der Waals surface area contributed by atoms with Gasteiger partial charge in [-0.2, -0.15) is 0 Å². The number of halogens is 1. The minimum Gasteiger partial charge on any atom is -0.497 e. The van der Waals surface area contributed by atoms with Crippen LogP contribution in [-0.2, 0) is 0 Å². The third kappa shape index (κ3) is 3.44. The van der Waals surface area contributed by atoms with Crippen molar-refractivity contribution in [1.29, 1.82) is 0 Å². The first-order valence-electron chi connectivity index (χ1n) is 7.41. The summed E-state index contributed by atoms with van der Waals surface area (Å²) in [5.74, 6) is 0.529. The highest BCUT2D eigenvalue weighted by atomic mass is 35.5. The number of quaternary nitrogens is 1. The summed E-state index contributed by atoms with van der Waals surface area (Å²) in [6.45, 7) is 2.01. The average Bonchev–Trinajstić information content (AvgIpc) is 2.90. The minimum absolute atomic E-state index is 0.220. The van der Waals surface area contributed by atoms with Crippen LogP contribution < -0.4 is 20.5 Å². The fourth-order valence-electron chi connectivity index (χ4n) is 2.48. The zero-order chi connectivity index (χ0) is 16.4. The molecule has 23 heavy (non-hydrogen) atoms. The Bertz CT molecular complexity index is 772. The lowest BCUT2D eigenvalue weighted by molar-refractivity contribution is -0.875. The average molecular weight is 353 g/mol. The smallest absolute Gasteiger partial charge is 0.281 e. The van der Waals surface area contributed by atoms with Crippen LogP contribution in [0.1, 0.15) is 16.1 Å². The molecule has 2 aromatic rings. The van der Waals surface area contributed by atoms with Crippen molar-refractivity contribution in [3.8, 4) is 5.75 Å². The number of carbonyl (C=O) groups excluding carboxylic acids is 1. The predicted molar refractivity (Wildman–Crippen MR) is 93.3 cm³/mol. The summed E-state index contributed by atoms with van der Waals surface area (Å²) < 4.78 is 6.14. The first-order chi connectivity index (χ1) is 11.1. The van der Waals surface area contributed by atoms with Gasteiger partial charge >= 0.3 is 0 Å². The number of carbonyl (C=O) groups is 1. The van der Waals surface area contributed by atoms with Crippen molar-refractivity contribution in [3.05, 3.63) is 39.9 Å². The summed E-state index contributed by atoms with van der Waals surface area (Å²) in [7, 11) is 3.77. The van der Waals surface area contributed by atoms with E-state index in [0.717, 1.165) is 41.0 Å². The highest BCUT2D eigenvalue weighted by Crippen LogP contribution is 2.37. The van der Waals surface area contributed by atoms with E-state index in [1.807, 2.05) is 18.2 Å². The van der Waals surface area contributed by atoms with Gasteiger partial charge in [-0.25, -0.2) is 0 Å². The molecule has 5 nitrogen and oxygen atoms in total. The quantitative estimate of drug-likeness (QED) is 0.733. The molecule has 122 valence electrons. The number of ether oxygens (including phenoxy) is 1. The molecule has 1 atom stereocenters. The third-order valence-corrected chi connectivity index (χ3v) is 5.55. The molecule has 0 aliphatic carbocycles. The fourth-order valence-corrected chi connectivity index (χ4v) is 3.92. The first-order valence-corrected chi connectivity index (χ1v) is 8.60. The van der Waals surface area contributed by atoms with Crippen molar-refractivity contribution in [2.24, 2.45) is 0 Å². The van der Waals surface area contributed by atoms with Crippen molar-refractivity contribution < 1.29 is 14.4 Å². The largest absolute Gasteiger partial charge is 0.497 e. The normalized spacial score (nSPS) is 17.7. The standard InChI is InChI=1S/C16H18ClN3O2S/c1-20-7-5-10(6-8-20)18-19-16(21)15-14(17)12-4-3-11(22-2)9-13(12)23-15/h3-5,9,18H,6-8H2,1-2H3,(H,19,21)/p+1. The number of hydrogen-bond acceptors (Lipinski definition) is 4. The van der Waals surface area contributed by atoms with Crippen LogP contribution in [0, 0.1) is 0 Å². The highest BCUT2D eigenvalue weighted by molar-refractivity contribution is 7.21. The van der Waals surface area contributed by atoms with Crippen molar-refractivity contribution in [2.75, 3.05) is 27.2 Å². The Balaban J connectivity index is 1.74. The highest BCUT2D eigenvalue weighted by Gasteiger charge is 2.18. The van der Waals surface area contributed by atoms with Gasteiger partial charge < -0.3 is 15.1 Å². The summed E-state index contributed by atoms with van der Waals surface area (Å²) in [5, 5.41) is 1.35. The van der Waals surface area contributed by atoms with E-state index in [4.69, 9.17) is 16.3 Å². The van der Waals surface area contributed by atoms with E-state index < -0.39 is 0 Å². The number of amides is 1. The van der Waals surface area contributed by atoms with Gasteiger partial charge in [-0.1, -0.05) is 11.6 Å². The number of hydrazine groups is 1.